The summed E-state index contributed by atoms with van der Waals surface area (Å²) in [5.41, 5.74) is 11.4. The van der Waals surface area contributed by atoms with Crippen molar-refractivity contribution >= 4 is 0 Å². The van der Waals surface area contributed by atoms with E-state index >= 15 is 0 Å². The molecule has 17 heavy (non-hydrogen) atoms. The van der Waals surface area contributed by atoms with Crippen LogP contribution in [-0.4, -0.2) is 6.03 Å². The van der Waals surface area contributed by atoms with Crippen LogP contribution in [0.1, 0.15) is 0 Å². The van der Waals surface area contributed by atoms with Gasteiger partial charge in [0.25, 0.3) is 0 Å². The molecule has 0 unspecified atom stereocenters. The predicted molar refractivity (Wildman–Crippen MR) is 65.2 cm³/mol. The molecule has 0 saturated heterocycles. The molecule has 0 heterocycles. The van der Waals surface area contributed by atoms with Crippen LogP contribution in [0.3, 0.4) is 0 Å². The Balaban J connectivity index is 2.04. The van der Waals surface area contributed by atoms with Gasteiger partial charge in [0.15, 0.2) is 0 Å². The highest BCUT2D eigenvalue weighted by Crippen LogP contribution is 2.16. The standard InChI is InChI=1S/C13H14N2O2/c14-13(15,16-11-7-3-1-4-8-11)17-12-9-5-2-6-10-12/h1-10H,14-15H2. The van der Waals surface area contributed by atoms with Crippen molar-refractivity contribution in [2.24, 2.45) is 11.5 Å². The summed E-state index contributed by atoms with van der Waals surface area (Å²) in [4.78, 5) is 0. The second-order valence-electron chi connectivity index (χ2n) is 3.55. The summed E-state index contributed by atoms with van der Waals surface area (Å²) in [5.74, 6) is 1.10. The first-order valence-corrected chi connectivity index (χ1v) is 5.22. The summed E-state index contributed by atoms with van der Waals surface area (Å²) in [7, 11) is 0. The van der Waals surface area contributed by atoms with Crippen molar-refractivity contribution in [3.05, 3.63) is 60.7 Å². The minimum Gasteiger partial charge on any atom is -0.427 e. The van der Waals surface area contributed by atoms with Crippen molar-refractivity contribution in [1.82, 2.24) is 0 Å². The average Bonchev–Trinajstić information content (AvgIpc) is 2.30. The molecule has 0 radical (unpaired) electrons. The molecule has 0 atom stereocenters. The molecule has 0 aliphatic rings. The lowest BCUT2D eigenvalue weighted by Crippen LogP contribution is -2.59. The zero-order valence-corrected chi connectivity index (χ0v) is 9.24. The van der Waals surface area contributed by atoms with Crippen LogP contribution in [0.15, 0.2) is 60.7 Å². The smallest absolute Gasteiger partial charge is 0.376 e. The Morgan fingerprint density at radius 3 is 1.35 bits per heavy atom. The highest BCUT2D eigenvalue weighted by atomic mass is 16.7. The molecule has 0 bridgehead atoms. The molecular formula is C13H14N2O2. The minimum atomic E-state index is -1.69. The van der Waals surface area contributed by atoms with Gasteiger partial charge in [0.1, 0.15) is 11.5 Å². The first kappa shape index (κ1) is 11.4. The molecule has 4 nitrogen and oxygen atoms in total. The van der Waals surface area contributed by atoms with Gasteiger partial charge in [-0.05, 0) is 24.3 Å². The lowest BCUT2D eigenvalue weighted by molar-refractivity contribution is -0.103. The quantitative estimate of drug-likeness (QED) is 0.784. The maximum atomic E-state index is 5.71. The summed E-state index contributed by atoms with van der Waals surface area (Å²) in [6, 6.07) is 16.4. The molecule has 4 heteroatoms. The summed E-state index contributed by atoms with van der Waals surface area (Å²) in [6.07, 6.45) is 0. The fraction of sp³-hybridized carbons (Fsp3) is 0.0769. The van der Waals surface area contributed by atoms with E-state index in [2.05, 4.69) is 0 Å². The third kappa shape index (κ3) is 3.48. The second-order valence-corrected chi connectivity index (χ2v) is 3.55. The normalized spacial score (nSPS) is 10.9. The van der Waals surface area contributed by atoms with E-state index < -0.39 is 6.03 Å². The number of hydrogen-bond donors (Lipinski definition) is 2. The Kier molecular flexibility index (Phi) is 3.27. The number of para-hydroxylation sites is 2. The van der Waals surface area contributed by atoms with Crippen LogP contribution in [0, 0.1) is 0 Å². The van der Waals surface area contributed by atoms with Gasteiger partial charge in [0.05, 0.1) is 0 Å². The van der Waals surface area contributed by atoms with Crippen LogP contribution >= 0.6 is 0 Å². The van der Waals surface area contributed by atoms with Gasteiger partial charge in [-0.25, -0.2) is 11.5 Å². The topological polar surface area (TPSA) is 70.5 Å². The molecular weight excluding hydrogens is 216 g/mol. The van der Waals surface area contributed by atoms with Gasteiger partial charge in [-0.1, -0.05) is 36.4 Å². The summed E-state index contributed by atoms with van der Waals surface area (Å²) in [6.45, 7) is 0. The van der Waals surface area contributed by atoms with E-state index in [0.717, 1.165) is 0 Å². The summed E-state index contributed by atoms with van der Waals surface area (Å²) >= 11 is 0. The molecule has 2 aromatic carbocycles. The van der Waals surface area contributed by atoms with Crippen molar-refractivity contribution in [2.45, 2.75) is 6.03 Å². The Labute approximate surface area is 99.8 Å². The third-order valence-electron chi connectivity index (χ3n) is 2.04. The summed E-state index contributed by atoms with van der Waals surface area (Å²) < 4.78 is 10.7. The van der Waals surface area contributed by atoms with Crippen LogP contribution < -0.4 is 20.9 Å². The molecule has 4 N–H and O–H groups in total. The Bertz CT molecular complexity index is 414. The van der Waals surface area contributed by atoms with Crippen molar-refractivity contribution in [1.29, 1.82) is 0 Å². The van der Waals surface area contributed by atoms with Gasteiger partial charge in [0, 0.05) is 0 Å². The first-order chi connectivity index (χ1) is 8.16. The minimum absolute atomic E-state index is 0.549. The molecule has 0 amide bonds. The molecule has 88 valence electrons. The first-order valence-electron chi connectivity index (χ1n) is 5.22. The van der Waals surface area contributed by atoms with Gasteiger partial charge in [-0.3, -0.25) is 0 Å². The monoisotopic (exact) mass is 230 g/mol. The maximum absolute atomic E-state index is 5.71. The van der Waals surface area contributed by atoms with Crippen molar-refractivity contribution in [3.63, 3.8) is 0 Å². The number of nitrogens with two attached hydrogens (primary N) is 2. The Morgan fingerprint density at radius 1 is 0.647 bits per heavy atom. The largest absolute Gasteiger partial charge is 0.427 e. The molecule has 2 rings (SSSR count). The van der Waals surface area contributed by atoms with E-state index in [-0.39, 0.29) is 0 Å². The second kappa shape index (κ2) is 4.86. The lowest BCUT2D eigenvalue weighted by Gasteiger charge is -2.25. The number of rotatable bonds is 4. The van der Waals surface area contributed by atoms with E-state index in [1.54, 1.807) is 24.3 Å². The molecule has 0 saturated carbocycles. The Hall–Kier alpha value is -2.04. The van der Waals surface area contributed by atoms with E-state index in [1.807, 2.05) is 36.4 Å². The van der Waals surface area contributed by atoms with Crippen LogP contribution in [0.5, 0.6) is 11.5 Å². The third-order valence-corrected chi connectivity index (χ3v) is 2.04. The van der Waals surface area contributed by atoms with Crippen LogP contribution in [0.25, 0.3) is 0 Å². The number of benzene rings is 2. The van der Waals surface area contributed by atoms with E-state index in [4.69, 9.17) is 20.9 Å². The molecule has 0 spiro atoms. The fourth-order valence-corrected chi connectivity index (χ4v) is 1.37. The Morgan fingerprint density at radius 2 is 1.00 bits per heavy atom. The molecule has 0 aromatic heterocycles. The number of ether oxygens (including phenoxy) is 2. The van der Waals surface area contributed by atoms with Crippen molar-refractivity contribution in [3.8, 4) is 11.5 Å². The fourth-order valence-electron chi connectivity index (χ4n) is 1.37. The molecule has 0 fully saturated rings. The maximum Gasteiger partial charge on any atom is 0.376 e. The van der Waals surface area contributed by atoms with E-state index in [0.29, 0.717) is 11.5 Å². The zero-order chi connectivity index (χ0) is 12.1. The molecule has 2 aromatic rings. The lowest BCUT2D eigenvalue weighted by atomic mass is 10.3. The average molecular weight is 230 g/mol. The van der Waals surface area contributed by atoms with Crippen LogP contribution in [-0.2, 0) is 0 Å². The van der Waals surface area contributed by atoms with Gasteiger partial charge < -0.3 is 9.47 Å². The van der Waals surface area contributed by atoms with Gasteiger partial charge in [-0.2, -0.15) is 0 Å². The van der Waals surface area contributed by atoms with Crippen molar-refractivity contribution < 1.29 is 9.47 Å². The summed E-state index contributed by atoms with van der Waals surface area (Å²) in [5, 5.41) is 0. The molecule has 0 aliphatic carbocycles. The highest BCUT2D eigenvalue weighted by Gasteiger charge is 2.23. The van der Waals surface area contributed by atoms with E-state index in [1.165, 1.54) is 0 Å². The SMILES string of the molecule is NC(N)(Oc1ccccc1)Oc1ccccc1. The van der Waals surface area contributed by atoms with E-state index in [9.17, 15) is 0 Å². The zero-order valence-electron chi connectivity index (χ0n) is 9.24. The highest BCUT2D eigenvalue weighted by molar-refractivity contribution is 5.23. The van der Waals surface area contributed by atoms with Crippen LogP contribution in [0.2, 0.25) is 0 Å². The number of hydrogen-bond acceptors (Lipinski definition) is 4. The van der Waals surface area contributed by atoms with Crippen molar-refractivity contribution in [2.75, 3.05) is 0 Å². The predicted octanol–water partition coefficient (Wildman–Crippen LogP) is 1.67. The molecule has 0 aliphatic heterocycles. The van der Waals surface area contributed by atoms with Crippen LogP contribution in [0.4, 0.5) is 0 Å². The van der Waals surface area contributed by atoms with Gasteiger partial charge in [0.2, 0.25) is 0 Å². The van der Waals surface area contributed by atoms with Gasteiger partial charge >= 0.3 is 6.03 Å². The van der Waals surface area contributed by atoms with Gasteiger partial charge in [-0.15, -0.1) is 0 Å².